The van der Waals surface area contributed by atoms with Gasteiger partial charge in [-0.25, -0.2) is 0 Å². The van der Waals surface area contributed by atoms with E-state index in [-0.39, 0.29) is 12.3 Å². The minimum atomic E-state index is -0.833. The molecule has 0 radical (unpaired) electrons. The van der Waals surface area contributed by atoms with Crippen LogP contribution < -0.4 is 0 Å². The van der Waals surface area contributed by atoms with Crippen molar-refractivity contribution in [2.75, 3.05) is 13.1 Å². The Morgan fingerprint density at radius 3 is 1.79 bits per heavy atom. The third kappa shape index (κ3) is 14.7. The van der Waals surface area contributed by atoms with Gasteiger partial charge in [-0.05, 0) is 46.0 Å². The van der Waals surface area contributed by atoms with E-state index < -0.39 is 11.9 Å². The van der Waals surface area contributed by atoms with Crippen molar-refractivity contribution in [2.45, 2.75) is 111 Å². The molecule has 0 aliphatic rings. The van der Waals surface area contributed by atoms with Crippen molar-refractivity contribution in [3.05, 3.63) is 12.2 Å². The van der Waals surface area contributed by atoms with Crippen molar-refractivity contribution >= 4 is 11.9 Å². The Balaban J connectivity index is 3.70. The largest absolute Gasteiger partial charge is 0.481 e. The number of aliphatic carboxylic acids is 1. The molecule has 4 nitrogen and oxygen atoms in total. The maximum absolute atomic E-state index is 12.1. The molecule has 0 rings (SSSR count). The summed E-state index contributed by atoms with van der Waals surface area (Å²) >= 11 is 0. The van der Waals surface area contributed by atoms with E-state index >= 15 is 0 Å². The van der Waals surface area contributed by atoms with Gasteiger partial charge in [0.05, 0.1) is 5.92 Å². The SMILES string of the molecule is CCCCCCC/C=C/CCCCCCCC(CC(=O)N(CC)CC)C(=O)O. The number of unbranched alkanes of at least 4 members (excludes halogenated alkanes) is 10. The maximum Gasteiger partial charge on any atom is 0.307 e. The second-order valence-electron chi connectivity index (χ2n) is 7.82. The lowest BCUT2D eigenvalue weighted by Gasteiger charge is -2.21. The van der Waals surface area contributed by atoms with Gasteiger partial charge in [0, 0.05) is 19.5 Å². The van der Waals surface area contributed by atoms with E-state index in [2.05, 4.69) is 19.1 Å². The van der Waals surface area contributed by atoms with Gasteiger partial charge >= 0.3 is 5.97 Å². The van der Waals surface area contributed by atoms with Crippen LogP contribution in [0.3, 0.4) is 0 Å². The minimum Gasteiger partial charge on any atom is -0.481 e. The molecule has 0 aliphatic heterocycles. The third-order valence-electron chi connectivity index (χ3n) is 5.45. The predicted octanol–water partition coefficient (Wildman–Crippen LogP) is 6.59. The van der Waals surface area contributed by atoms with Crippen molar-refractivity contribution in [1.29, 1.82) is 0 Å². The number of nitrogens with zero attached hydrogens (tertiary/aromatic N) is 1. The summed E-state index contributed by atoms with van der Waals surface area (Å²) in [6.45, 7) is 7.41. The predicted molar refractivity (Wildman–Crippen MR) is 119 cm³/mol. The first-order valence-electron chi connectivity index (χ1n) is 11.7. The van der Waals surface area contributed by atoms with Crippen molar-refractivity contribution in [1.82, 2.24) is 4.90 Å². The molecule has 0 saturated heterocycles. The third-order valence-corrected chi connectivity index (χ3v) is 5.45. The number of amides is 1. The van der Waals surface area contributed by atoms with Crippen molar-refractivity contribution in [3.63, 3.8) is 0 Å². The molecular formula is C24H45NO3. The number of rotatable bonds is 19. The molecule has 0 aromatic heterocycles. The van der Waals surface area contributed by atoms with Crippen LogP contribution in [0, 0.1) is 5.92 Å². The molecule has 1 N–H and O–H groups in total. The fraction of sp³-hybridized carbons (Fsp3) is 0.833. The lowest BCUT2D eigenvalue weighted by Crippen LogP contribution is -2.33. The fourth-order valence-electron chi connectivity index (χ4n) is 3.51. The summed E-state index contributed by atoms with van der Waals surface area (Å²) in [6.07, 6.45) is 20.0. The average Bonchev–Trinajstić information content (AvgIpc) is 2.68. The molecule has 0 bridgehead atoms. The number of hydrogen-bond donors (Lipinski definition) is 1. The Kier molecular flexibility index (Phi) is 18.1. The molecule has 0 fully saturated rings. The highest BCUT2D eigenvalue weighted by atomic mass is 16.4. The zero-order chi connectivity index (χ0) is 21.0. The van der Waals surface area contributed by atoms with Crippen LogP contribution >= 0.6 is 0 Å². The Morgan fingerprint density at radius 2 is 1.29 bits per heavy atom. The number of allylic oxidation sites excluding steroid dienone is 2. The number of carboxylic acid groups (broad SMARTS) is 1. The molecule has 4 heteroatoms. The minimum absolute atomic E-state index is 0.0328. The molecule has 0 saturated carbocycles. The molecule has 28 heavy (non-hydrogen) atoms. The summed E-state index contributed by atoms with van der Waals surface area (Å²) in [6, 6.07) is 0. The van der Waals surface area contributed by atoms with Gasteiger partial charge in [-0.1, -0.05) is 70.4 Å². The van der Waals surface area contributed by atoms with E-state index in [1.807, 2.05) is 13.8 Å². The summed E-state index contributed by atoms with van der Waals surface area (Å²) in [5.41, 5.74) is 0. The van der Waals surface area contributed by atoms with Crippen LogP contribution in [0.5, 0.6) is 0 Å². The van der Waals surface area contributed by atoms with Gasteiger partial charge in [0.25, 0.3) is 0 Å². The monoisotopic (exact) mass is 395 g/mol. The van der Waals surface area contributed by atoms with Crippen LogP contribution in [0.2, 0.25) is 0 Å². The van der Waals surface area contributed by atoms with Gasteiger partial charge in [0.2, 0.25) is 5.91 Å². The first kappa shape index (κ1) is 26.7. The van der Waals surface area contributed by atoms with Gasteiger partial charge in [0.15, 0.2) is 0 Å². The smallest absolute Gasteiger partial charge is 0.307 e. The van der Waals surface area contributed by atoms with Gasteiger partial charge in [-0.2, -0.15) is 0 Å². The van der Waals surface area contributed by atoms with Gasteiger partial charge in [-0.15, -0.1) is 0 Å². The number of hydrogen-bond acceptors (Lipinski definition) is 2. The molecule has 1 atom stereocenters. The highest BCUT2D eigenvalue weighted by Gasteiger charge is 2.22. The zero-order valence-electron chi connectivity index (χ0n) is 18.8. The molecule has 164 valence electrons. The van der Waals surface area contributed by atoms with Gasteiger partial charge in [0.1, 0.15) is 0 Å². The summed E-state index contributed by atoms with van der Waals surface area (Å²) < 4.78 is 0. The quantitative estimate of drug-likeness (QED) is 0.198. The van der Waals surface area contributed by atoms with E-state index in [0.717, 1.165) is 25.7 Å². The van der Waals surface area contributed by atoms with Crippen molar-refractivity contribution in [3.8, 4) is 0 Å². The first-order chi connectivity index (χ1) is 13.6. The molecule has 1 unspecified atom stereocenters. The molecule has 0 aromatic rings. The summed E-state index contributed by atoms with van der Waals surface area (Å²) in [5.74, 6) is -1.40. The fourth-order valence-corrected chi connectivity index (χ4v) is 3.51. The second-order valence-corrected chi connectivity index (χ2v) is 7.82. The standard InChI is InChI=1S/C24H45NO3/c1-4-7-8-9-10-11-12-13-14-15-16-17-18-19-20-22(24(27)28)21-23(26)25(5-2)6-3/h12-13,22H,4-11,14-21H2,1-3H3,(H,27,28)/b13-12+. The number of carbonyl (C=O) groups excluding carboxylic acids is 1. The molecule has 0 aliphatic carbocycles. The van der Waals surface area contributed by atoms with Crippen LogP contribution in [0.25, 0.3) is 0 Å². The molecule has 0 aromatic carbocycles. The highest BCUT2D eigenvalue weighted by molar-refractivity contribution is 5.82. The highest BCUT2D eigenvalue weighted by Crippen LogP contribution is 2.17. The summed E-state index contributed by atoms with van der Waals surface area (Å²) in [7, 11) is 0. The Bertz CT molecular complexity index is 416. The van der Waals surface area contributed by atoms with Crippen molar-refractivity contribution < 1.29 is 14.7 Å². The summed E-state index contributed by atoms with van der Waals surface area (Å²) in [5, 5.41) is 9.37. The first-order valence-corrected chi connectivity index (χ1v) is 11.7. The molecule has 0 spiro atoms. The average molecular weight is 396 g/mol. The second kappa shape index (κ2) is 19.0. The molecule has 1 amide bonds. The Hall–Kier alpha value is -1.32. The topological polar surface area (TPSA) is 57.6 Å². The number of carbonyl (C=O) groups is 2. The lowest BCUT2D eigenvalue weighted by molar-refractivity contribution is -0.146. The van der Waals surface area contributed by atoms with E-state index in [9.17, 15) is 14.7 Å². The van der Waals surface area contributed by atoms with Crippen LogP contribution in [-0.4, -0.2) is 35.0 Å². The Morgan fingerprint density at radius 1 is 0.786 bits per heavy atom. The van der Waals surface area contributed by atoms with E-state index in [0.29, 0.717) is 19.5 Å². The van der Waals surface area contributed by atoms with E-state index in [1.54, 1.807) is 4.90 Å². The zero-order valence-corrected chi connectivity index (χ0v) is 18.8. The van der Waals surface area contributed by atoms with Crippen molar-refractivity contribution in [2.24, 2.45) is 5.92 Å². The van der Waals surface area contributed by atoms with E-state index in [1.165, 1.54) is 51.4 Å². The van der Waals surface area contributed by atoms with Crippen LogP contribution in [0.4, 0.5) is 0 Å². The van der Waals surface area contributed by atoms with Crippen LogP contribution in [0.15, 0.2) is 12.2 Å². The normalized spacial score (nSPS) is 12.4. The van der Waals surface area contributed by atoms with Gasteiger partial charge < -0.3 is 10.0 Å². The van der Waals surface area contributed by atoms with Gasteiger partial charge in [-0.3, -0.25) is 9.59 Å². The van der Waals surface area contributed by atoms with Crippen LogP contribution in [-0.2, 0) is 9.59 Å². The molecule has 0 heterocycles. The van der Waals surface area contributed by atoms with E-state index in [4.69, 9.17) is 0 Å². The Labute approximate surface area is 173 Å². The summed E-state index contributed by atoms with van der Waals surface area (Å²) in [4.78, 5) is 25.3. The maximum atomic E-state index is 12.1. The van der Waals surface area contributed by atoms with Crippen LogP contribution in [0.1, 0.15) is 111 Å². The molecular weight excluding hydrogens is 350 g/mol. The number of carboxylic acids is 1. The lowest BCUT2D eigenvalue weighted by atomic mass is 9.96.